The number of aromatic nitrogens is 2. The second-order valence-electron chi connectivity index (χ2n) is 10.4. The highest BCUT2D eigenvalue weighted by Crippen LogP contribution is 2.52. The van der Waals surface area contributed by atoms with Crippen LogP contribution in [-0.4, -0.2) is 35.6 Å². The number of piperidine rings is 1. The first-order valence-corrected chi connectivity index (χ1v) is 12.2. The standard InChI is InChI=1S/C26H37N5/c1-17(2)20-8-9-21-23(20)25(30-16-29-21)31-15-26(10-12-27-13-11-26)24-19(14-28-18(3)4)6-5-7-22(24)31/h5-7,16-18,20,27-28H,8-15H2,1-4H3/t20-/m0/s1. The van der Waals surface area contributed by atoms with Crippen molar-refractivity contribution >= 4 is 11.5 Å². The second kappa shape index (κ2) is 8.18. The molecule has 2 aliphatic heterocycles. The number of anilines is 2. The van der Waals surface area contributed by atoms with E-state index < -0.39 is 0 Å². The molecule has 5 rings (SSSR count). The van der Waals surface area contributed by atoms with E-state index in [1.165, 1.54) is 47.6 Å². The zero-order valence-corrected chi connectivity index (χ0v) is 19.5. The minimum atomic E-state index is 0.208. The van der Waals surface area contributed by atoms with E-state index in [9.17, 15) is 0 Å². The van der Waals surface area contributed by atoms with Crippen molar-refractivity contribution in [1.29, 1.82) is 0 Å². The van der Waals surface area contributed by atoms with Gasteiger partial charge in [0.25, 0.3) is 0 Å². The molecule has 2 N–H and O–H groups in total. The quantitative estimate of drug-likeness (QED) is 0.751. The number of aryl methyl sites for hydroxylation is 1. The molecule has 166 valence electrons. The van der Waals surface area contributed by atoms with Crippen molar-refractivity contribution in [3.63, 3.8) is 0 Å². The molecule has 1 aromatic heterocycles. The van der Waals surface area contributed by atoms with Gasteiger partial charge in [-0.05, 0) is 67.8 Å². The highest BCUT2D eigenvalue weighted by molar-refractivity contribution is 5.75. The molecule has 1 aliphatic carbocycles. The summed E-state index contributed by atoms with van der Waals surface area (Å²) in [5.41, 5.74) is 7.30. The molecule has 5 heteroatoms. The fourth-order valence-corrected chi connectivity index (χ4v) is 6.17. The smallest absolute Gasteiger partial charge is 0.140 e. The Bertz CT molecular complexity index is 945. The van der Waals surface area contributed by atoms with Crippen molar-refractivity contribution in [2.45, 2.75) is 77.3 Å². The topological polar surface area (TPSA) is 53.1 Å². The van der Waals surface area contributed by atoms with Gasteiger partial charge < -0.3 is 15.5 Å². The molecule has 1 aromatic carbocycles. The molecular weight excluding hydrogens is 382 g/mol. The number of nitrogens with zero attached hydrogens (tertiary/aromatic N) is 3. The molecule has 3 aliphatic rings. The number of hydrogen-bond donors (Lipinski definition) is 2. The van der Waals surface area contributed by atoms with E-state index in [0.717, 1.165) is 32.6 Å². The van der Waals surface area contributed by atoms with Gasteiger partial charge in [0.05, 0.1) is 0 Å². The van der Waals surface area contributed by atoms with Gasteiger partial charge in [0.1, 0.15) is 12.1 Å². The van der Waals surface area contributed by atoms with Gasteiger partial charge in [0, 0.05) is 41.5 Å². The van der Waals surface area contributed by atoms with Gasteiger partial charge in [0.2, 0.25) is 0 Å². The Labute approximate surface area is 187 Å². The van der Waals surface area contributed by atoms with Gasteiger partial charge >= 0.3 is 0 Å². The number of rotatable bonds is 5. The molecule has 1 spiro atoms. The Hall–Kier alpha value is -1.98. The molecule has 1 fully saturated rings. The van der Waals surface area contributed by atoms with Crippen molar-refractivity contribution < 1.29 is 0 Å². The normalized spacial score (nSPS) is 21.9. The van der Waals surface area contributed by atoms with Crippen LogP contribution in [0.2, 0.25) is 0 Å². The van der Waals surface area contributed by atoms with E-state index in [1.807, 2.05) is 0 Å². The fourth-order valence-electron chi connectivity index (χ4n) is 6.17. The van der Waals surface area contributed by atoms with Gasteiger partial charge in [-0.3, -0.25) is 0 Å². The van der Waals surface area contributed by atoms with Gasteiger partial charge in [-0.15, -0.1) is 0 Å². The Kier molecular flexibility index (Phi) is 5.51. The van der Waals surface area contributed by atoms with E-state index in [-0.39, 0.29) is 5.41 Å². The molecule has 0 radical (unpaired) electrons. The first-order valence-electron chi connectivity index (χ1n) is 12.2. The summed E-state index contributed by atoms with van der Waals surface area (Å²) < 4.78 is 0. The lowest BCUT2D eigenvalue weighted by molar-refractivity contribution is 0.326. The van der Waals surface area contributed by atoms with Crippen LogP contribution in [0.1, 0.15) is 75.3 Å². The summed E-state index contributed by atoms with van der Waals surface area (Å²) in [4.78, 5) is 12.2. The molecule has 0 unspecified atom stereocenters. The van der Waals surface area contributed by atoms with E-state index >= 15 is 0 Å². The third-order valence-electron chi connectivity index (χ3n) is 7.74. The number of nitrogens with one attached hydrogen (secondary N) is 2. The highest BCUT2D eigenvalue weighted by Gasteiger charge is 2.46. The average molecular weight is 420 g/mol. The van der Waals surface area contributed by atoms with Crippen LogP contribution < -0.4 is 15.5 Å². The second-order valence-corrected chi connectivity index (χ2v) is 10.4. The van der Waals surface area contributed by atoms with Gasteiger partial charge in [-0.25, -0.2) is 9.97 Å². The minimum absolute atomic E-state index is 0.208. The zero-order chi connectivity index (χ0) is 21.6. The predicted molar refractivity (Wildman–Crippen MR) is 127 cm³/mol. The van der Waals surface area contributed by atoms with E-state index in [1.54, 1.807) is 11.9 Å². The van der Waals surface area contributed by atoms with Crippen LogP contribution >= 0.6 is 0 Å². The largest absolute Gasteiger partial charge is 0.325 e. The van der Waals surface area contributed by atoms with Gasteiger partial charge in [-0.2, -0.15) is 0 Å². The van der Waals surface area contributed by atoms with E-state index in [0.29, 0.717) is 17.9 Å². The lowest BCUT2D eigenvalue weighted by atomic mass is 9.73. The Balaban J connectivity index is 1.63. The van der Waals surface area contributed by atoms with Crippen LogP contribution in [0.15, 0.2) is 24.5 Å². The zero-order valence-electron chi connectivity index (χ0n) is 19.5. The maximum atomic E-state index is 4.93. The predicted octanol–water partition coefficient (Wildman–Crippen LogP) is 4.43. The molecule has 31 heavy (non-hydrogen) atoms. The summed E-state index contributed by atoms with van der Waals surface area (Å²) in [6.07, 6.45) is 6.47. The van der Waals surface area contributed by atoms with Crippen LogP contribution in [0, 0.1) is 5.92 Å². The highest BCUT2D eigenvalue weighted by atomic mass is 15.2. The van der Waals surface area contributed by atoms with Crippen molar-refractivity contribution in [3.05, 3.63) is 46.9 Å². The maximum Gasteiger partial charge on any atom is 0.140 e. The van der Waals surface area contributed by atoms with Crippen LogP contribution in [0.25, 0.3) is 0 Å². The summed E-state index contributed by atoms with van der Waals surface area (Å²) >= 11 is 0. The third-order valence-corrected chi connectivity index (χ3v) is 7.74. The first kappa shape index (κ1) is 20.9. The maximum absolute atomic E-state index is 4.93. The molecule has 5 nitrogen and oxygen atoms in total. The van der Waals surface area contributed by atoms with Crippen LogP contribution in [0.4, 0.5) is 11.5 Å². The summed E-state index contributed by atoms with van der Waals surface area (Å²) in [5, 5.41) is 7.27. The molecular formula is C26H37N5. The Morgan fingerprint density at radius 3 is 2.71 bits per heavy atom. The molecule has 1 atom stereocenters. The summed E-state index contributed by atoms with van der Waals surface area (Å²) in [7, 11) is 0. The monoisotopic (exact) mass is 419 g/mol. The van der Waals surface area contributed by atoms with E-state index in [4.69, 9.17) is 9.97 Å². The van der Waals surface area contributed by atoms with Crippen molar-refractivity contribution in [3.8, 4) is 0 Å². The summed E-state index contributed by atoms with van der Waals surface area (Å²) in [5.74, 6) is 2.35. The lowest BCUT2D eigenvalue weighted by Gasteiger charge is -2.36. The SMILES string of the molecule is CC(C)NCc1cccc2c1C1(CCNCC1)CN2c1ncnc2c1[C@H](C(C)C)CC2. The lowest BCUT2D eigenvalue weighted by Crippen LogP contribution is -2.43. The van der Waals surface area contributed by atoms with Crippen molar-refractivity contribution in [2.24, 2.45) is 5.92 Å². The van der Waals surface area contributed by atoms with Crippen molar-refractivity contribution in [2.75, 3.05) is 24.5 Å². The third kappa shape index (κ3) is 3.56. The summed E-state index contributed by atoms with van der Waals surface area (Å²) in [6, 6.07) is 7.39. The fraction of sp³-hybridized carbons (Fsp3) is 0.615. The number of benzene rings is 1. The van der Waals surface area contributed by atoms with E-state index in [2.05, 4.69) is 61.4 Å². The van der Waals surface area contributed by atoms with Gasteiger partial charge in [-0.1, -0.05) is 39.8 Å². The molecule has 0 amide bonds. The molecule has 0 saturated carbocycles. The van der Waals surface area contributed by atoms with Crippen LogP contribution in [0.5, 0.6) is 0 Å². The average Bonchev–Trinajstić information content (AvgIpc) is 3.33. The molecule has 1 saturated heterocycles. The minimum Gasteiger partial charge on any atom is -0.325 e. The Morgan fingerprint density at radius 2 is 1.97 bits per heavy atom. The van der Waals surface area contributed by atoms with Crippen molar-refractivity contribution in [1.82, 2.24) is 20.6 Å². The number of fused-ring (bicyclic) bond motifs is 3. The molecule has 0 bridgehead atoms. The number of hydrogen-bond acceptors (Lipinski definition) is 5. The van der Waals surface area contributed by atoms with Crippen LogP contribution in [-0.2, 0) is 18.4 Å². The van der Waals surface area contributed by atoms with Crippen LogP contribution in [0.3, 0.4) is 0 Å². The molecule has 2 aromatic rings. The first-order chi connectivity index (χ1) is 15.0. The van der Waals surface area contributed by atoms with Gasteiger partial charge in [0.15, 0.2) is 0 Å². The molecule has 3 heterocycles. The summed E-state index contributed by atoms with van der Waals surface area (Å²) in [6.45, 7) is 13.3. The Morgan fingerprint density at radius 1 is 1.16 bits per heavy atom.